The lowest BCUT2D eigenvalue weighted by atomic mass is 10.2. The molecule has 176 valence electrons. The SMILES string of the molecule is COc1ccc(Nc2nc(N/N=C/c3ccccc3O)nc(Nc3ccc([N+](=O)[O-])cc3)n2)cc1. The predicted octanol–water partition coefficient (Wildman–Crippen LogP) is 4.43. The Morgan fingerprint density at radius 2 is 1.46 bits per heavy atom. The Morgan fingerprint density at radius 3 is 2.03 bits per heavy atom. The summed E-state index contributed by atoms with van der Waals surface area (Å²) in [4.78, 5) is 23.4. The molecule has 0 bridgehead atoms. The zero-order valence-corrected chi connectivity index (χ0v) is 18.4. The number of hydrazone groups is 1. The number of nitro groups is 1. The Balaban J connectivity index is 1.58. The highest BCUT2D eigenvalue weighted by Crippen LogP contribution is 2.22. The number of nitro benzene ring substituents is 1. The Bertz CT molecular complexity index is 1340. The van der Waals surface area contributed by atoms with Gasteiger partial charge >= 0.3 is 0 Å². The number of ether oxygens (including phenoxy) is 1. The number of non-ortho nitro benzene ring substituents is 1. The first kappa shape index (κ1) is 22.9. The molecule has 0 atom stereocenters. The number of aromatic hydroxyl groups is 1. The van der Waals surface area contributed by atoms with Crippen LogP contribution in [-0.4, -0.2) is 38.3 Å². The van der Waals surface area contributed by atoms with E-state index in [9.17, 15) is 15.2 Å². The second kappa shape index (κ2) is 10.6. The molecule has 0 radical (unpaired) electrons. The van der Waals surface area contributed by atoms with Gasteiger partial charge in [-0.25, -0.2) is 5.43 Å². The lowest BCUT2D eigenvalue weighted by Crippen LogP contribution is -2.07. The van der Waals surface area contributed by atoms with Gasteiger partial charge in [0.25, 0.3) is 5.69 Å². The summed E-state index contributed by atoms with van der Waals surface area (Å²) in [6.45, 7) is 0. The molecule has 0 fully saturated rings. The fourth-order valence-electron chi connectivity index (χ4n) is 2.89. The number of methoxy groups -OCH3 is 1. The highest BCUT2D eigenvalue weighted by atomic mass is 16.6. The van der Waals surface area contributed by atoms with E-state index in [1.165, 1.54) is 18.3 Å². The first-order valence-electron chi connectivity index (χ1n) is 10.3. The van der Waals surface area contributed by atoms with Crippen LogP contribution in [0, 0.1) is 10.1 Å². The van der Waals surface area contributed by atoms with Crippen LogP contribution in [0.1, 0.15) is 5.56 Å². The molecule has 0 amide bonds. The van der Waals surface area contributed by atoms with Crippen molar-refractivity contribution in [2.24, 2.45) is 5.10 Å². The Labute approximate surface area is 199 Å². The maximum atomic E-state index is 10.9. The molecular formula is C23H20N8O4. The summed E-state index contributed by atoms with van der Waals surface area (Å²) in [5.74, 6) is 1.29. The summed E-state index contributed by atoms with van der Waals surface area (Å²) in [6.07, 6.45) is 1.43. The van der Waals surface area contributed by atoms with Crippen molar-refractivity contribution in [2.45, 2.75) is 0 Å². The third-order valence-electron chi connectivity index (χ3n) is 4.62. The zero-order valence-electron chi connectivity index (χ0n) is 18.4. The average molecular weight is 472 g/mol. The van der Waals surface area contributed by atoms with Crippen LogP contribution in [0.25, 0.3) is 0 Å². The van der Waals surface area contributed by atoms with Gasteiger partial charge in [-0.05, 0) is 48.5 Å². The van der Waals surface area contributed by atoms with Crippen LogP contribution in [0.5, 0.6) is 11.5 Å². The molecule has 12 heteroatoms. The molecule has 0 saturated carbocycles. The van der Waals surface area contributed by atoms with Gasteiger partial charge in [-0.15, -0.1) is 0 Å². The number of phenols is 1. The molecule has 4 rings (SSSR count). The van der Waals surface area contributed by atoms with E-state index in [4.69, 9.17) is 4.74 Å². The molecule has 12 nitrogen and oxygen atoms in total. The van der Waals surface area contributed by atoms with Gasteiger partial charge in [0.1, 0.15) is 11.5 Å². The van der Waals surface area contributed by atoms with E-state index in [-0.39, 0.29) is 29.3 Å². The van der Waals surface area contributed by atoms with Gasteiger partial charge < -0.3 is 20.5 Å². The van der Waals surface area contributed by atoms with Gasteiger partial charge in [-0.1, -0.05) is 12.1 Å². The molecule has 0 aliphatic carbocycles. The zero-order chi connectivity index (χ0) is 24.6. The number of hydrogen-bond donors (Lipinski definition) is 4. The summed E-state index contributed by atoms with van der Waals surface area (Å²) in [5.41, 5.74) is 4.45. The van der Waals surface area contributed by atoms with E-state index in [2.05, 4.69) is 36.1 Å². The minimum Gasteiger partial charge on any atom is -0.507 e. The number of nitrogens with zero attached hydrogens (tertiary/aromatic N) is 5. The summed E-state index contributed by atoms with van der Waals surface area (Å²) in [5, 5.41) is 30.9. The van der Waals surface area contributed by atoms with Gasteiger partial charge in [0.15, 0.2) is 0 Å². The molecule has 1 aromatic heterocycles. The predicted molar refractivity (Wildman–Crippen MR) is 132 cm³/mol. The molecule has 0 saturated heterocycles. The van der Waals surface area contributed by atoms with Crippen molar-refractivity contribution in [1.29, 1.82) is 0 Å². The average Bonchev–Trinajstić information content (AvgIpc) is 2.86. The monoisotopic (exact) mass is 472 g/mol. The standard InChI is InChI=1S/C23H20N8O4/c1-35-19-12-8-17(9-13-19)26-22-27-21(25-16-6-10-18(11-7-16)31(33)34)28-23(29-22)30-24-14-15-4-2-3-5-20(15)32/h2-14,32H,1H3,(H3,25,26,27,28,29,30)/b24-14+. The van der Waals surface area contributed by atoms with E-state index in [0.29, 0.717) is 22.7 Å². The largest absolute Gasteiger partial charge is 0.507 e. The van der Waals surface area contributed by atoms with Gasteiger partial charge in [0, 0.05) is 29.1 Å². The molecule has 0 aliphatic rings. The van der Waals surface area contributed by atoms with Crippen LogP contribution < -0.4 is 20.8 Å². The third kappa shape index (κ3) is 6.16. The van der Waals surface area contributed by atoms with Gasteiger partial charge in [-0.2, -0.15) is 20.1 Å². The van der Waals surface area contributed by atoms with Crippen LogP contribution in [0.2, 0.25) is 0 Å². The molecule has 0 aliphatic heterocycles. The summed E-state index contributed by atoms with van der Waals surface area (Å²) >= 11 is 0. The maximum Gasteiger partial charge on any atom is 0.269 e. The maximum absolute atomic E-state index is 10.9. The van der Waals surface area contributed by atoms with E-state index in [0.717, 1.165) is 0 Å². The molecule has 4 N–H and O–H groups in total. The van der Waals surface area contributed by atoms with Crippen molar-refractivity contribution >= 4 is 41.1 Å². The van der Waals surface area contributed by atoms with E-state index < -0.39 is 4.92 Å². The van der Waals surface area contributed by atoms with Crippen molar-refractivity contribution < 1.29 is 14.8 Å². The van der Waals surface area contributed by atoms with E-state index in [1.54, 1.807) is 67.8 Å². The van der Waals surface area contributed by atoms with Crippen LogP contribution in [0.3, 0.4) is 0 Å². The minimum atomic E-state index is -0.478. The summed E-state index contributed by atoms with van der Waals surface area (Å²) in [7, 11) is 1.58. The van der Waals surface area contributed by atoms with Gasteiger partial charge in [0.2, 0.25) is 17.8 Å². The quantitative estimate of drug-likeness (QED) is 0.156. The number of aromatic nitrogens is 3. The second-order valence-corrected chi connectivity index (χ2v) is 7.02. The summed E-state index contributed by atoms with van der Waals surface area (Å²) < 4.78 is 5.17. The minimum absolute atomic E-state index is 0.0334. The van der Waals surface area contributed by atoms with Crippen molar-refractivity contribution in [2.75, 3.05) is 23.2 Å². The van der Waals surface area contributed by atoms with Gasteiger partial charge in [0.05, 0.1) is 18.2 Å². The normalized spacial score (nSPS) is 10.7. The fourth-order valence-corrected chi connectivity index (χ4v) is 2.89. The lowest BCUT2D eigenvalue weighted by molar-refractivity contribution is -0.384. The van der Waals surface area contributed by atoms with Crippen LogP contribution in [-0.2, 0) is 0 Å². The second-order valence-electron chi connectivity index (χ2n) is 7.02. The first-order valence-corrected chi connectivity index (χ1v) is 10.3. The molecule has 35 heavy (non-hydrogen) atoms. The number of para-hydroxylation sites is 1. The number of rotatable bonds is 9. The van der Waals surface area contributed by atoms with Crippen LogP contribution in [0.15, 0.2) is 77.9 Å². The first-order chi connectivity index (χ1) is 17.0. The Morgan fingerprint density at radius 1 is 0.886 bits per heavy atom. The number of benzene rings is 3. The Hall–Kier alpha value is -5.26. The van der Waals surface area contributed by atoms with E-state index in [1.807, 2.05) is 0 Å². The number of nitrogens with one attached hydrogen (secondary N) is 3. The fraction of sp³-hybridized carbons (Fsp3) is 0.0435. The highest BCUT2D eigenvalue weighted by molar-refractivity contribution is 5.83. The van der Waals surface area contributed by atoms with Gasteiger partial charge in [-0.3, -0.25) is 10.1 Å². The molecule has 4 aromatic rings. The van der Waals surface area contributed by atoms with Crippen molar-refractivity contribution in [3.8, 4) is 11.5 Å². The molecule has 1 heterocycles. The van der Waals surface area contributed by atoms with Crippen LogP contribution >= 0.6 is 0 Å². The van der Waals surface area contributed by atoms with Crippen molar-refractivity contribution in [3.63, 3.8) is 0 Å². The number of phenolic OH excluding ortho intramolecular Hbond substituents is 1. The number of anilines is 5. The van der Waals surface area contributed by atoms with Crippen LogP contribution in [0.4, 0.5) is 34.9 Å². The van der Waals surface area contributed by atoms with Crippen molar-refractivity contribution in [1.82, 2.24) is 15.0 Å². The molecule has 0 spiro atoms. The molecule has 0 unspecified atom stereocenters. The third-order valence-corrected chi connectivity index (χ3v) is 4.62. The smallest absolute Gasteiger partial charge is 0.269 e. The topological polar surface area (TPSA) is 160 Å². The van der Waals surface area contributed by atoms with E-state index >= 15 is 0 Å². The number of hydrogen-bond acceptors (Lipinski definition) is 11. The molecule has 3 aromatic carbocycles. The Kier molecular flexibility index (Phi) is 6.92. The van der Waals surface area contributed by atoms with Crippen molar-refractivity contribution in [3.05, 3.63) is 88.5 Å². The highest BCUT2D eigenvalue weighted by Gasteiger charge is 2.09. The molecular weight excluding hydrogens is 452 g/mol. The lowest BCUT2D eigenvalue weighted by Gasteiger charge is -2.10. The summed E-state index contributed by atoms with van der Waals surface area (Å²) in [6, 6.07) is 19.7.